The molecule has 1 saturated heterocycles. The molecule has 0 saturated carbocycles. The first-order valence-corrected chi connectivity index (χ1v) is 10.4. The molecule has 164 valence electrons. The largest absolute Gasteiger partial charge is 0.347 e. The Morgan fingerprint density at radius 2 is 1.58 bits per heavy atom. The normalized spacial score (nSPS) is 14.8. The highest BCUT2D eigenvalue weighted by atomic mass is 19.1. The fourth-order valence-corrected chi connectivity index (χ4v) is 3.55. The first-order valence-electron chi connectivity index (χ1n) is 10.4. The third kappa shape index (κ3) is 5.90. The second kappa shape index (κ2) is 9.29. The van der Waals surface area contributed by atoms with E-state index in [0.717, 1.165) is 0 Å². The van der Waals surface area contributed by atoms with E-state index in [-0.39, 0.29) is 29.5 Å². The van der Waals surface area contributed by atoms with Gasteiger partial charge in [0.15, 0.2) is 0 Å². The number of para-hydroxylation sites is 1. The minimum absolute atomic E-state index is 0.162. The molecule has 0 aromatic heterocycles. The van der Waals surface area contributed by atoms with Gasteiger partial charge in [0.25, 0.3) is 11.8 Å². The molecule has 6 nitrogen and oxygen atoms in total. The fourth-order valence-electron chi connectivity index (χ4n) is 3.55. The van der Waals surface area contributed by atoms with Gasteiger partial charge in [-0.3, -0.25) is 14.4 Å². The van der Waals surface area contributed by atoms with Gasteiger partial charge in [-0.15, -0.1) is 0 Å². The number of rotatable bonds is 4. The summed E-state index contributed by atoms with van der Waals surface area (Å²) < 4.78 is 13.1. The number of nitrogens with one attached hydrogen (secondary N) is 2. The van der Waals surface area contributed by atoms with Crippen LogP contribution in [-0.4, -0.2) is 41.2 Å². The molecule has 2 aromatic carbocycles. The van der Waals surface area contributed by atoms with Crippen LogP contribution in [0.3, 0.4) is 0 Å². The molecule has 0 radical (unpaired) electrons. The Morgan fingerprint density at radius 3 is 2.19 bits per heavy atom. The average Bonchev–Trinajstić information content (AvgIpc) is 2.73. The lowest BCUT2D eigenvalue weighted by Gasteiger charge is -2.31. The molecule has 3 amide bonds. The van der Waals surface area contributed by atoms with E-state index in [2.05, 4.69) is 10.6 Å². The summed E-state index contributed by atoms with van der Waals surface area (Å²) in [4.78, 5) is 39.7. The SMILES string of the molecule is CC(C)(C)NC(=O)c1ccccc1NC(=O)C1CCN(C(=O)c2ccc(F)cc2)CC1. The van der Waals surface area contributed by atoms with Gasteiger partial charge in [0.05, 0.1) is 11.3 Å². The van der Waals surface area contributed by atoms with Crippen LogP contribution < -0.4 is 10.6 Å². The van der Waals surface area contributed by atoms with Crippen molar-refractivity contribution in [1.82, 2.24) is 10.2 Å². The number of piperidine rings is 1. The van der Waals surface area contributed by atoms with Gasteiger partial charge in [-0.25, -0.2) is 4.39 Å². The highest BCUT2D eigenvalue weighted by Gasteiger charge is 2.28. The van der Waals surface area contributed by atoms with Crippen molar-refractivity contribution in [2.75, 3.05) is 18.4 Å². The highest BCUT2D eigenvalue weighted by molar-refractivity contribution is 6.04. The maximum absolute atomic E-state index is 13.1. The zero-order chi connectivity index (χ0) is 22.6. The van der Waals surface area contributed by atoms with E-state index in [0.29, 0.717) is 42.7 Å². The van der Waals surface area contributed by atoms with Crippen LogP contribution in [0.4, 0.5) is 10.1 Å². The van der Waals surface area contributed by atoms with Crippen molar-refractivity contribution in [3.63, 3.8) is 0 Å². The van der Waals surface area contributed by atoms with Crippen molar-refractivity contribution in [3.05, 3.63) is 65.5 Å². The molecule has 3 rings (SSSR count). The summed E-state index contributed by atoms with van der Waals surface area (Å²) >= 11 is 0. The third-order valence-corrected chi connectivity index (χ3v) is 5.16. The van der Waals surface area contributed by atoms with Crippen LogP contribution in [0, 0.1) is 11.7 Å². The highest BCUT2D eigenvalue weighted by Crippen LogP contribution is 2.23. The summed E-state index contributed by atoms with van der Waals surface area (Å²) in [6, 6.07) is 12.4. The predicted molar refractivity (Wildman–Crippen MR) is 117 cm³/mol. The van der Waals surface area contributed by atoms with Gasteiger partial charge in [0, 0.05) is 30.1 Å². The van der Waals surface area contributed by atoms with Gasteiger partial charge in [-0.05, 0) is 70.0 Å². The minimum Gasteiger partial charge on any atom is -0.347 e. The Kier molecular flexibility index (Phi) is 6.73. The molecular formula is C24H28FN3O3. The van der Waals surface area contributed by atoms with Gasteiger partial charge in [-0.1, -0.05) is 12.1 Å². The predicted octanol–water partition coefficient (Wildman–Crippen LogP) is 3.84. The molecule has 1 aliphatic heterocycles. The summed E-state index contributed by atoms with van der Waals surface area (Å²) in [5.41, 5.74) is 0.926. The van der Waals surface area contributed by atoms with Crippen LogP contribution in [0.25, 0.3) is 0 Å². The number of hydrogen-bond acceptors (Lipinski definition) is 3. The van der Waals surface area contributed by atoms with Crippen LogP contribution >= 0.6 is 0 Å². The Bertz CT molecular complexity index is 959. The molecule has 7 heteroatoms. The molecule has 2 N–H and O–H groups in total. The first kappa shape index (κ1) is 22.5. The number of carbonyl (C=O) groups is 3. The van der Waals surface area contributed by atoms with E-state index in [1.165, 1.54) is 24.3 Å². The lowest BCUT2D eigenvalue weighted by atomic mass is 9.95. The topological polar surface area (TPSA) is 78.5 Å². The number of halogens is 1. The van der Waals surface area contributed by atoms with Gasteiger partial charge in [0.1, 0.15) is 5.82 Å². The molecule has 2 aromatic rings. The quantitative estimate of drug-likeness (QED) is 0.781. The third-order valence-electron chi connectivity index (χ3n) is 5.16. The molecule has 1 aliphatic rings. The van der Waals surface area contributed by atoms with E-state index in [1.807, 2.05) is 20.8 Å². The summed E-state index contributed by atoms with van der Waals surface area (Å²) in [5, 5.41) is 5.79. The van der Waals surface area contributed by atoms with Gasteiger partial charge < -0.3 is 15.5 Å². The van der Waals surface area contributed by atoms with E-state index >= 15 is 0 Å². The van der Waals surface area contributed by atoms with Crippen molar-refractivity contribution in [1.29, 1.82) is 0 Å². The van der Waals surface area contributed by atoms with Gasteiger partial charge >= 0.3 is 0 Å². The lowest BCUT2D eigenvalue weighted by molar-refractivity contribution is -0.121. The standard InChI is InChI=1S/C24H28FN3O3/c1-24(2,3)27-22(30)19-6-4-5-7-20(19)26-21(29)16-12-14-28(15-13-16)23(31)17-8-10-18(25)11-9-17/h4-11,16H,12-15H2,1-3H3,(H,26,29)(H,27,30). The van der Waals surface area contributed by atoms with Crippen LogP contribution in [0.5, 0.6) is 0 Å². The van der Waals surface area contributed by atoms with Gasteiger partial charge in [0.2, 0.25) is 5.91 Å². The number of nitrogens with zero attached hydrogens (tertiary/aromatic N) is 1. The molecule has 1 fully saturated rings. The summed E-state index contributed by atoms with van der Waals surface area (Å²) in [6.07, 6.45) is 1.05. The van der Waals surface area contributed by atoms with Crippen molar-refractivity contribution < 1.29 is 18.8 Å². The molecule has 1 heterocycles. The van der Waals surface area contributed by atoms with Crippen molar-refractivity contribution in [3.8, 4) is 0 Å². The average molecular weight is 426 g/mol. The number of likely N-dealkylation sites (tertiary alicyclic amines) is 1. The monoisotopic (exact) mass is 425 g/mol. The second-order valence-corrected chi connectivity index (χ2v) is 8.81. The van der Waals surface area contributed by atoms with Crippen molar-refractivity contribution in [2.45, 2.75) is 39.2 Å². The van der Waals surface area contributed by atoms with Crippen LogP contribution in [0.1, 0.15) is 54.3 Å². The number of amides is 3. The van der Waals surface area contributed by atoms with Crippen LogP contribution in [-0.2, 0) is 4.79 Å². The Hall–Kier alpha value is -3.22. The van der Waals surface area contributed by atoms with Gasteiger partial charge in [-0.2, -0.15) is 0 Å². The maximum atomic E-state index is 13.1. The number of carbonyl (C=O) groups excluding carboxylic acids is 3. The minimum atomic E-state index is -0.391. The summed E-state index contributed by atoms with van der Waals surface area (Å²) in [5.74, 6) is -1.21. The summed E-state index contributed by atoms with van der Waals surface area (Å²) in [6.45, 7) is 6.58. The number of hydrogen-bond donors (Lipinski definition) is 2. The van der Waals surface area contributed by atoms with Crippen molar-refractivity contribution in [2.24, 2.45) is 5.92 Å². The molecule has 0 bridgehead atoms. The molecule has 0 spiro atoms. The first-order chi connectivity index (χ1) is 14.6. The molecule has 0 aliphatic carbocycles. The molecule has 0 unspecified atom stereocenters. The number of anilines is 1. The van der Waals surface area contributed by atoms with E-state index in [9.17, 15) is 18.8 Å². The van der Waals surface area contributed by atoms with E-state index in [4.69, 9.17) is 0 Å². The van der Waals surface area contributed by atoms with E-state index in [1.54, 1.807) is 29.2 Å². The zero-order valence-corrected chi connectivity index (χ0v) is 18.1. The lowest BCUT2D eigenvalue weighted by Crippen LogP contribution is -2.42. The van der Waals surface area contributed by atoms with Crippen molar-refractivity contribution >= 4 is 23.4 Å². The smallest absolute Gasteiger partial charge is 0.253 e. The molecule has 31 heavy (non-hydrogen) atoms. The maximum Gasteiger partial charge on any atom is 0.253 e. The fraction of sp³-hybridized carbons (Fsp3) is 0.375. The number of benzene rings is 2. The van der Waals surface area contributed by atoms with Crippen LogP contribution in [0.2, 0.25) is 0 Å². The second-order valence-electron chi connectivity index (χ2n) is 8.81. The Labute approximate surface area is 181 Å². The summed E-state index contributed by atoms with van der Waals surface area (Å²) in [7, 11) is 0. The Balaban J connectivity index is 1.60. The zero-order valence-electron chi connectivity index (χ0n) is 18.1. The Morgan fingerprint density at radius 1 is 0.968 bits per heavy atom. The molecule has 0 atom stereocenters. The van der Waals surface area contributed by atoms with E-state index < -0.39 is 5.54 Å². The molecular weight excluding hydrogens is 397 g/mol. The van der Waals surface area contributed by atoms with Crippen LogP contribution in [0.15, 0.2) is 48.5 Å².